The maximum absolute atomic E-state index is 5.32. The predicted octanol–water partition coefficient (Wildman–Crippen LogP) is 3.09. The Kier molecular flexibility index (Phi) is 3.65. The van der Waals surface area contributed by atoms with Gasteiger partial charge in [-0.25, -0.2) is 5.10 Å². The van der Waals surface area contributed by atoms with Crippen LogP contribution in [0.25, 0.3) is 11.6 Å². The molecule has 0 bridgehead atoms. The van der Waals surface area contributed by atoms with Crippen LogP contribution in [0.2, 0.25) is 0 Å². The molecule has 0 fully saturated rings. The Hall–Kier alpha value is -2.67. The van der Waals surface area contributed by atoms with Crippen molar-refractivity contribution in [1.29, 1.82) is 0 Å². The molecule has 0 aliphatic heterocycles. The Balaban J connectivity index is 1.92. The molecule has 1 N–H and O–H groups in total. The van der Waals surface area contributed by atoms with Gasteiger partial charge in [-0.2, -0.15) is 9.78 Å². The van der Waals surface area contributed by atoms with Crippen LogP contribution in [0.15, 0.2) is 52.2 Å². The van der Waals surface area contributed by atoms with Crippen LogP contribution >= 0.6 is 12.2 Å². The minimum atomic E-state index is 0.395. The highest BCUT2D eigenvalue weighted by atomic mass is 32.1. The van der Waals surface area contributed by atoms with Crippen LogP contribution in [0.4, 0.5) is 0 Å². The van der Waals surface area contributed by atoms with E-state index in [0.717, 1.165) is 11.3 Å². The summed E-state index contributed by atoms with van der Waals surface area (Å²) < 4.78 is 12.3. The molecule has 0 radical (unpaired) electrons. The van der Waals surface area contributed by atoms with E-state index in [-0.39, 0.29) is 0 Å². The first-order chi connectivity index (χ1) is 10.3. The fraction of sp³-hybridized carbons (Fsp3) is 0.0714. The zero-order chi connectivity index (χ0) is 14.7. The Labute approximate surface area is 125 Å². The molecule has 3 rings (SSSR count). The highest BCUT2D eigenvalue weighted by Gasteiger charge is 2.10. The third-order valence-corrected chi connectivity index (χ3v) is 3.09. The summed E-state index contributed by atoms with van der Waals surface area (Å²) in [6.07, 6.45) is 3.27. The number of aromatic nitrogens is 3. The maximum atomic E-state index is 5.32. The molecule has 106 valence electrons. The molecule has 0 spiro atoms. The van der Waals surface area contributed by atoms with Crippen molar-refractivity contribution in [3.05, 3.63) is 53.0 Å². The number of benzene rings is 1. The topological polar surface area (TPSA) is 68.3 Å². The van der Waals surface area contributed by atoms with Crippen LogP contribution in [0.1, 0.15) is 5.56 Å². The van der Waals surface area contributed by atoms with Gasteiger partial charge >= 0.3 is 0 Å². The van der Waals surface area contributed by atoms with Gasteiger partial charge < -0.3 is 9.15 Å². The average Bonchev–Trinajstić information content (AvgIpc) is 3.15. The first-order valence-corrected chi connectivity index (χ1v) is 6.58. The van der Waals surface area contributed by atoms with Crippen LogP contribution in [-0.4, -0.2) is 28.2 Å². The lowest BCUT2D eigenvalue weighted by atomic mass is 10.2. The first-order valence-electron chi connectivity index (χ1n) is 6.17. The molecular weight excluding hydrogens is 288 g/mol. The van der Waals surface area contributed by atoms with Crippen LogP contribution in [0.5, 0.6) is 5.75 Å². The Bertz CT molecular complexity index is 800. The number of methoxy groups -OCH3 is 1. The number of hydrogen-bond acceptors (Lipinski definition) is 5. The number of nitrogens with zero attached hydrogens (tertiary/aromatic N) is 3. The predicted molar refractivity (Wildman–Crippen MR) is 81.1 cm³/mol. The molecule has 0 saturated carbocycles. The monoisotopic (exact) mass is 300 g/mol. The second kappa shape index (κ2) is 5.76. The summed E-state index contributed by atoms with van der Waals surface area (Å²) in [4.78, 5) is 0. The summed E-state index contributed by atoms with van der Waals surface area (Å²) in [5.74, 6) is 1.91. The van der Waals surface area contributed by atoms with E-state index < -0.39 is 0 Å². The minimum absolute atomic E-state index is 0.395. The van der Waals surface area contributed by atoms with Crippen molar-refractivity contribution in [1.82, 2.24) is 14.9 Å². The third-order valence-electron chi connectivity index (χ3n) is 2.83. The molecule has 6 nitrogen and oxygen atoms in total. The largest absolute Gasteiger partial charge is 0.497 e. The molecule has 3 aromatic rings. The zero-order valence-electron chi connectivity index (χ0n) is 11.2. The number of ether oxygens (including phenoxy) is 1. The van der Waals surface area contributed by atoms with E-state index in [9.17, 15) is 0 Å². The number of furan rings is 1. The van der Waals surface area contributed by atoms with Crippen molar-refractivity contribution in [2.24, 2.45) is 5.10 Å². The molecule has 2 heterocycles. The molecule has 7 heteroatoms. The lowest BCUT2D eigenvalue weighted by Gasteiger charge is -1.99. The van der Waals surface area contributed by atoms with E-state index in [0.29, 0.717) is 16.4 Å². The summed E-state index contributed by atoms with van der Waals surface area (Å²) in [7, 11) is 1.63. The van der Waals surface area contributed by atoms with Crippen molar-refractivity contribution >= 4 is 18.4 Å². The van der Waals surface area contributed by atoms with Crippen LogP contribution in [-0.2, 0) is 0 Å². The fourth-order valence-electron chi connectivity index (χ4n) is 1.78. The molecule has 2 aromatic heterocycles. The summed E-state index contributed by atoms with van der Waals surface area (Å²) in [6.45, 7) is 0. The summed E-state index contributed by atoms with van der Waals surface area (Å²) in [5.41, 5.74) is 0.921. The van der Waals surface area contributed by atoms with E-state index in [1.165, 1.54) is 4.68 Å². The van der Waals surface area contributed by atoms with E-state index in [2.05, 4.69) is 15.3 Å². The van der Waals surface area contributed by atoms with Crippen LogP contribution in [0, 0.1) is 4.77 Å². The van der Waals surface area contributed by atoms with Crippen molar-refractivity contribution in [3.8, 4) is 17.3 Å². The van der Waals surface area contributed by atoms with Gasteiger partial charge in [-0.15, -0.1) is 5.10 Å². The van der Waals surface area contributed by atoms with Gasteiger partial charge in [-0.1, -0.05) is 0 Å². The van der Waals surface area contributed by atoms with E-state index in [1.807, 2.05) is 24.3 Å². The van der Waals surface area contributed by atoms with Gasteiger partial charge in [-0.3, -0.25) is 0 Å². The molecule has 0 unspecified atom stereocenters. The van der Waals surface area contributed by atoms with Gasteiger partial charge in [0, 0.05) is 0 Å². The minimum Gasteiger partial charge on any atom is -0.497 e. The number of aromatic amines is 1. The molecule has 0 aliphatic rings. The molecule has 0 atom stereocenters. The smallest absolute Gasteiger partial charge is 0.219 e. The Morgan fingerprint density at radius 1 is 1.33 bits per heavy atom. The number of H-pyrrole nitrogens is 1. The normalized spacial score (nSPS) is 11.1. The van der Waals surface area contributed by atoms with Crippen LogP contribution < -0.4 is 4.74 Å². The fourth-order valence-corrected chi connectivity index (χ4v) is 1.96. The molecule has 0 amide bonds. The molecule has 1 aromatic carbocycles. The van der Waals surface area contributed by atoms with Crippen molar-refractivity contribution < 1.29 is 9.15 Å². The standard InChI is InChI=1S/C14H12N4O2S/c1-19-11-6-4-10(5-7-11)9-15-18-13(16-17-14(18)21)12-3-2-8-20-12/h2-9H,1H3,(H,17,21)/b15-9+. The number of hydrogen-bond donors (Lipinski definition) is 1. The van der Waals surface area contributed by atoms with Crippen molar-refractivity contribution in [2.75, 3.05) is 7.11 Å². The van der Waals surface area contributed by atoms with Gasteiger partial charge in [0.05, 0.1) is 19.6 Å². The summed E-state index contributed by atoms with van der Waals surface area (Å²) in [5, 5.41) is 11.2. The number of nitrogens with one attached hydrogen (secondary N) is 1. The van der Waals surface area contributed by atoms with Gasteiger partial charge in [0.2, 0.25) is 10.6 Å². The Morgan fingerprint density at radius 3 is 2.81 bits per heavy atom. The van der Waals surface area contributed by atoms with Crippen LogP contribution in [0.3, 0.4) is 0 Å². The average molecular weight is 300 g/mol. The summed E-state index contributed by atoms with van der Waals surface area (Å²) in [6, 6.07) is 11.1. The van der Waals surface area contributed by atoms with Gasteiger partial charge in [0.1, 0.15) is 5.75 Å². The molecular formula is C14H12N4O2S. The summed E-state index contributed by atoms with van der Waals surface area (Å²) >= 11 is 5.17. The van der Waals surface area contributed by atoms with Gasteiger partial charge in [-0.05, 0) is 54.2 Å². The highest BCUT2D eigenvalue weighted by Crippen LogP contribution is 2.17. The van der Waals surface area contributed by atoms with Gasteiger partial charge in [0.25, 0.3) is 0 Å². The third kappa shape index (κ3) is 2.77. The van der Waals surface area contributed by atoms with E-state index in [4.69, 9.17) is 21.4 Å². The Morgan fingerprint density at radius 2 is 2.14 bits per heavy atom. The van der Waals surface area contributed by atoms with E-state index >= 15 is 0 Å². The quantitative estimate of drug-likeness (QED) is 0.594. The lowest BCUT2D eigenvalue weighted by molar-refractivity contribution is 0.415. The second-order valence-corrected chi connectivity index (χ2v) is 4.55. The zero-order valence-corrected chi connectivity index (χ0v) is 12.0. The molecule has 0 saturated heterocycles. The second-order valence-electron chi connectivity index (χ2n) is 4.16. The molecule has 21 heavy (non-hydrogen) atoms. The lowest BCUT2D eigenvalue weighted by Crippen LogP contribution is -1.94. The highest BCUT2D eigenvalue weighted by molar-refractivity contribution is 7.71. The first kappa shape index (κ1) is 13.3. The SMILES string of the molecule is COc1ccc(/C=N/n2c(-c3ccco3)n[nH]c2=S)cc1. The number of rotatable bonds is 4. The maximum Gasteiger partial charge on any atom is 0.219 e. The molecule has 0 aliphatic carbocycles. The van der Waals surface area contributed by atoms with Crippen molar-refractivity contribution in [2.45, 2.75) is 0 Å². The van der Waals surface area contributed by atoms with Gasteiger partial charge in [0.15, 0.2) is 5.76 Å². The van der Waals surface area contributed by atoms with Crippen molar-refractivity contribution in [3.63, 3.8) is 0 Å². The van der Waals surface area contributed by atoms with E-state index in [1.54, 1.807) is 31.7 Å².